The summed E-state index contributed by atoms with van der Waals surface area (Å²) in [6, 6.07) is 3.14. The van der Waals surface area contributed by atoms with Crippen molar-refractivity contribution >= 4 is 6.03 Å². The predicted octanol–water partition coefficient (Wildman–Crippen LogP) is 2.47. The van der Waals surface area contributed by atoms with Gasteiger partial charge in [-0.25, -0.2) is 13.6 Å². The molecule has 1 saturated heterocycles. The molecule has 7 heteroatoms. The maximum absolute atomic E-state index is 13.4. The number of nitrogens with zero attached hydrogens (tertiary/aromatic N) is 1. The lowest BCUT2D eigenvalue weighted by atomic mass is 10.0. The molecule has 2 amide bonds. The van der Waals surface area contributed by atoms with Crippen LogP contribution in [0.3, 0.4) is 0 Å². The van der Waals surface area contributed by atoms with Crippen LogP contribution >= 0.6 is 0 Å². The minimum atomic E-state index is -0.920. The van der Waals surface area contributed by atoms with E-state index in [9.17, 15) is 13.6 Å². The van der Waals surface area contributed by atoms with Crippen LogP contribution in [0.2, 0.25) is 0 Å². The van der Waals surface area contributed by atoms with E-state index in [1.54, 1.807) is 7.05 Å². The highest BCUT2D eigenvalue weighted by atomic mass is 19.2. The first-order valence-electron chi connectivity index (χ1n) is 7.68. The molecule has 0 saturated carbocycles. The van der Waals surface area contributed by atoms with Crippen LogP contribution in [-0.2, 0) is 9.47 Å². The van der Waals surface area contributed by atoms with Crippen LogP contribution in [-0.4, -0.2) is 50.4 Å². The fourth-order valence-corrected chi connectivity index (χ4v) is 2.47. The van der Waals surface area contributed by atoms with Crippen molar-refractivity contribution in [3.05, 3.63) is 35.4 Å². The number of ether oxygens (including phenoxy) is 2. The molecule has 1 aliphatic heterocycles. The first kappa shape index (κ1) is 17.6. The van der Waals surface area contributed by atoms with Gasteiger partial charge in [-0.1, -0.05) is 6.07 Å². The number of halogens is 2. The van der Waals surface area contributed by atoms with Crippen LogP contribution in [0.4, 0.5) is 13.6 Å². The maximum Gasteiger partial charge on any atom is 0.317 e. The SMILES string of the molecule is CCOCCN(C)C(=O)N[C@@H]1CCO[C@@H]1c1ccc(F)c(F)c1. The third-order valence-corrected chi connectivity index (χ3v) is 3.79. The van der Waals surface area contributed by atoms with Crippen molar-refractivity contribution in [1.82, 2.24) is 10.2 Å². The Morgan fingerprint density at radius 2 is 2.22 bits per heavy atom. The summed E-state index contributed by atoms with van der Waals surface area (Å²) in [4.78, 5) is 13.7. The molecule has 0 bridgehead atoms. The predicted molar refractivity (Wildman–Crippen MR) is 81.1 cm³/mol. The van der Waals surface area contributed by atoms with Gasteiger partial charge >= 0.3 is 6.03 Å². The first-order chi connectivity index (χ1) is 11.0. The van der Waals surface area contributed by atoms with E-state index in [-0.39, 0.29) is 12.1 Å². The molecule has 1 aromatic rings. The first-order valence-corrected chi connectivity index (χ1v) is 7.68. The van der Waals surface area contributed by atoms with Gasteiger partial charge in [-0.15, -0.1) is 0 Å². The number of hydrogen-bond donors (Lipinski definition) is 1. The van der Waals surface area contributed by atoms with Gasteiger partial charge in [0.05, 0.1) is 12.6 Å². The number of nitrogens with one attached hydrogen (secondary N) is 1. The second-order valence-corrected chi connectivity index (χ2v) is 5.43. The van der Waals surface area contributed by atoms with Crippen molar-refractivity contribution in [2.75, 3.05) is 33.4 Å². The van der Waals surface area contributed by atoms with E-state index >= 15 is 0 Å². The molecule has 2 atom stereocenters. The van der Waals surface area contributed by atoms with E-state index in [0.717, 1.165) is 12.1 Å². The van der Waals surface area contributed by atoms with Crippen LogP contribution in [0.15, 0.2) is 18.2 Å². The fraction of sp³-hybridized carbons (Fsp3) is 0.562. The van der Waals surface area contributed by atoms with E-state index in [1.807, 2.05) is 6.92 Å². The largest absolute Gasteiger partial charge is 0.380 e. The van der Waals surface area contributed by atoms with Crippen LogP contribution in [0.25, 0.3) is 0 Å². The van der Waals surface area contributed by atoms with E-state index in [2.05, 4.69) is 5.32 Å². The lowest BCUT2D eigenvalue weighted by molar-refractivity contribution is 0.0962. The molecular weight excluding hydrogens is 306 g/mol. The molecule has 5 nitrogen and oxygen atoms in total. The number of carbonyl (C=O) groups excluding carboxylic acids is 1. The van der Waals surface area contributed by atoms with Crippen LogP contribution < -0.4 is 5.32 Å². The Hall–Kier alpha value is -1.73. The minimum absolute atomic E-state index is 0.243. The van der Waals surface area contributed by atoms with Crippen LogP contribution in [0, 0.1) is 11.6 Å². The summed E-state index contributed by atoms with van der Waals surface area (Å²) in [5, 5.41) is 2.88. The summed E-state index contributed by atoms with van der Waals surface area (Å²) in [5.41, 5.74) is 0.517. The Labute approximate surface area is 134 Å². The van der Waals surface area contributed by atoms with E-state index in [1.165, 1.54) is 11.0 Å². The molecule has 0 aromatic heterocycles. The molecule has 23 heavy (non-hydrogen) atoms. The summed E-state index contributed by atoms with van der Waals surface area (Å²) in [7, 11) is 1.68. The van der Waals surface area contributed by atoms with Crippen molar-refractivity contribution in [1.29, 1.82) is 0 Å². The summed E-state index contributed by atoms with van der Waals surface area (Å²) >= 11 is 0. The molecule has 0 aliphatic carbocycles. The van der Waals surface area contributed by atoms with Gasteiger partial charge in [-0.05, 0) is 31.0 Å². The minimum Gasteiger partial charge on any atom is -0.380 e. The topological polar surface area (TPSA) is 50.8 Å². The van der Waals surface area contributed by atoms with E-state index < -0.39 is 17.7 Å². The molecule has 0 spiro atoms. The second kappa shape index (κ2) is 8.21. The molecule has 1 aliphatic rings. The number of urea groups is 1. The zero-order valence-electron chi connectivity index (χ0n) is 13.4. The van der Waals surface area contributed by atoms with Gasteiger partial charge in [0.25, 0.3) is 0 Å². The van der Waals surface area contributed by atoms with Gasteiger partial charge in [0.1, 0.15) is 6.10 Å². The Morgan fingerprint density at radius 1 is 1.43 bits per heavy atom. The van der Waals surface area contributed by atoms with Crippen LogP contribution in [0.5, 0.6) is 0 Å². The highest BCUT2D eigenvalue weighted by Crippen LogP contribution is 2.30. The Morgan fingerprint density at radius 3 is 2.91 bits per heavy atom. The maximum atomic E-state index is 13.4. The van der Waals surface area contributed by atoms with Crippen LogP contribution in [0.1, 0.15) is 25.0 Å². The van der Waals surface area contributed by atoms with Gasteiger partial charge in [-0.3, -0.25) is 0 Å². The van der Waals surface area contributed by atoms with Gasteiger partial charge < -0.3 is 19.7 Å². The zero-order valence-corrected chi connectivity index (χ0v) is 13.4. The normalized spacial score (nSPS) is 20.5. The standard InChI is InChI=1S/C16H22F2N2O3/c1-3-22-9-7-20(2)16(21)19-14-6-8-23-15(14)11-4-5-12(17)13(18)10-11/h4-5,10,14-15H,3,6-9H2,1-2H3,(H,19,21)/t14-,15-/m1/s1. The zero-order chi connectivity index (χ0) is 16.8. The summed E-state index contributed by atoms with van der Waals surface area (Å²) < 4.78 is 37.2. The Bertz CT molecular complexity index is 542. The van der Waals surface area contributed by atoms with Crippen molar-refractivity contribution in [2.45, 2.75) is 25.5 Å². The lowest BCUT2D eigenvalue weighted by Gasteiger charge is -2.24. The fourth-order valence-electron chi connectivity index (χ4n) is 2.47. The summed E-state index contributed by atoms with van der Waals surface area (Å²) in [6.45, 7) is 3.89. The van der Waals surface area contributed by atoms with E-state index in [0.29, 0.717) is 38.3 Å². The van der Waals surface area contributed by atoms with Gasteiger partial charge in [-0.2, -0.15) is 0 Å². The molecule has 128 valence electrons. The average Bonchev–Trinajstić information content (AvgIpc) is 2.98. The number of amides is 2. The molecule has 0 unspecified atom stereocenters. The van der Waals surface area contributed by atoms with Gasteiger partial charge in [0, 0.05) is 26.8 Å². The molecule has 1 heterocycles. The Balaban J connectivity index is 1.95. The molecule has 1 fully saturated rings. The number of likely N-dealkylation sites (N-methyl/N-ethyl adjacent to an activating group) is 1. The quantitative estimate of drug-likeness (QED) is 0.816. The lowest BCUT2D eigenvalue weighted by Crippen LogP contribution is -2.45. The van der Waals surface area contributed by atoms with Crippen molar-refractivity contribution in [3.63, 3.8) is 0 Å². The third-order valence-electron chi connectivity index (χ3n) is 3.79. The summed E-state index contributed by atoms with van der Waals surface area (Å²) in [6.07, 6.45) is 0.142. The number of rotatable bonds is 6. The Kier molecular flexibility index (Phi) is 6.29. The van der Waals surface area contributed by atoms with Crippen molar-refractivity contribution < 1.29 is 23.0 Å². The number of carbonyl (C=O) groups is 1. The monoisotopic (exact) mass is 328 g/mol. The number of benzene rings is 1. The van der Waals surface area contributed by atoms with Gasteiger partial charge in [0.15, 0.2) is 11.6 Å². The third kappa shape index (κ3) is 4.62. The molecule has 1 N–H and O–H groups in total. The van der Waals surface area contributed by atoms with Gasteiger partial charge in [0.2, 0.25) is 0 Å². The highest BCUT2D eigenvalue weighted by Gasteiger charge is 2.32. The van der Waals surface area contributed by atoms with Crippen molar-refractivity contribution in [3.8, 4) is 0 Å². The highest BCUT2D eigenvalue weighted by molar-refractivity contribution is 5.74. The second-order valence-electron chi connectivity index (χ2n) is 5.43. The smallest absolute Gasteiger partial charge is 0.317 e. The molecule has 1 aromatic carbocycles. The van der Waals surface area contributed by atoms with E-state index in [4.69, 9.17) is 9.47 Å². The average molecular weight is 328 g/mol. The summed E-state index contributed by atoms with van der Waals surface area (Å²) in [5.74, 6) is -1.82. The van der Waals surface area contributed by atoms with Crippen molar-refractivity contribution in [2.24, 2.45) is 0 Å². The number of hydrogen-bond acceptors (Lipinski definition) is 3. The molecular formula is C16H22F2N2O3. The molecule has 0 radical (unpaired) electrons. The molecule has 2 rings (SSSR count).